The van der Waals surface area contributed by atoms with Gasteiger partial charge in [-0.1, -0.05) is 171 Å². The maximum atomic E-state index is 7.26. The van der Waals surface area contributed by atoms with Crippen molar-refractivity contribution in [2.45, 2.75) is 79.1 Å². The predicted molar refractivity (Wildman–Crippen MR) is 340 cm³/mol. The quantitative estimate of drug-likeness (QED) is 0.114. The lowest BCUT2D eigenvalue weighted by Crippen LogP contribution is -2.09. The van der Waals surface area contributed by atoms with E-state index in [2.05, 4.69) is 265 Å². The Kier molecular flexibility index (Phi) is 12.5. The van der Waals surface area contributed by atoms with Crippen molar-refractivity contribution in [3.63, 3.8) is 0 Å². The molecule has 14 rings (SSSR count). The monoisotopic (exact) mass is 1070 g/mol. The van der Waals surface area contributed by atoms with Crippen LogP contribution in [0.2, 0.25) is 0 Å². The molecule has 0 spiro atoms. The number of benzene rings is 10. The molecule has 14 aromatic rings. The minimum Gasteiger partial charge on any atom is -0.457 e. The molecule has 0 bridgehead atoms. The van der Waals surface area contributed by atoms with Gasteiger partial charge in [0.15, 0.2) is 0 Å². The van der Waals surface area contributed by atoms with Gasteiger partial charge in [0.25, 0.3) is 0 Å². The van der Waals surface area contributed by atoms with Gasteiger partial charge in [-0.2, -0.15) is 0 Å². The zero-order valence-corrected chi connectivity index (χ0v) is 47.6. The van der Waals surface area contributed by atoms with Gasteiger partial charge < -0.3 is 9.15 Å². The first-order valence-corrected chi connectivity index (χ1v) is 28.8. The van der Waals surface area contributed by atoms with Gasteiger partial charge in [-0.25, -0.2) is 15.0 Å². The van der Waals surface area contributed by atoms with E-state index in [0.717, 1.165) is 94.3 Å². The molecule has 0 fully saturated rings. The molecule has 4 aromatic heterocycles. The summed E-state index contributed by atoms with van der Waals surface area (Å²) >= 11 is 0. The fourth-order valence-corrected chi connectivity index (χ4v) is 12.3. The first-order chi connectivity index (χ1) is 39.9. The standard InChI is InChI=1S/C75H63N5O2/c1-44(2)57-36-52(48-22-11-9-12-23-48)37-58(45(3)4)71(57)79-68-32-19-17-30-65(68)77-74(79)51-27-21-28-55(35-51)81-56-41-62-61-43-67-54(34-50-26-15-16-29-64(50)76-67)40-70(61)82-73(62)63(42-56)75-78-66-31-18-20-33-69(66)80(75)72-59(46(5)6)38-53(39-60(72)47(7)8)49-24-13-10-14-25-49/h9-47H,1-8H3. The predicted octanol–water partition coefficient (Wildman–Crippen LogP) is 20.9. The topological polar surface area (TPSA) is 70.9 Å². The van der Waals surface area contributed by atoms with E-state index in [1.54, 1.807) is 0 Å². The third-order valence-electron chi connectivity index (χ3n) is 16.4. The maximum absolute atomic E-state index is 7.26. The van der Waals surface area contributed by atoms with Crippen LogP contribution >= 0.6 is 0 Å². The van der Waals surface area contributed by atoms with Crippen molar-refractivity contribution < 1.29 is 9.15 Å². The molecule has 7 nitrogen and oxygen atoms in total. The van der Waals surface area contributed by atoms with E-state index < -0.39 is 0 Å². The van der Waals surface area contributed by atoms with Gasteiger partial charge in [0.2, 0.25) is 0 Å². The van der Waals surface area contributed by atoms with E-state index >= 15 is 0 Å². The van der Waals surface area contributed by atoms with E-state index in [0.29, 0.717) is 11.5 Å². The summed E-state index contributed by atoms with van der Waals surface area (Å²) in [6.07, 6.45) is 0. The molecule has 4 heterocycles. The summed E-state index contributed by atoms with van der Waals surface area (Å²) in [5.41, 5.74) is 21.1. The summed E-state index contributed by atoms with van der Waals surface area (Å²) in [7, 11) is 0. The van der Waals surface area contributed by atoms with Crippen molar-refractivity contribution in [2.75, 3.05) is 0 Å². The smallest absolute Gasteiger partial charge is 0.149 e. The third-order valence-corrected chi connectivity index (χ3v) is 16.4. The van der Waals surface area contributed by atoms with E-state index in [-0.39, 0.29) is 23.7 Å². The molecule has 0 aliphatic carbocycles. The van der Waals surface area contributed by atoms with E-state index in [1.807, 2.05) is 12.1 Å². The van der Waals surface area contributed by atoms with Crippen LogP contribution in [-0.4, -0.2) is 24.1 Å². The molecular weight excluding hydrogens is 1000 g/mol. The number of hydrogen-bond donors (Lipinski definition) is 0. The average molecular weight is 1070 g/mol. The molecule has 0 saturated heterocycles. The SMILES string of the molecule is CC(C)c1cc(-c2ccccc2)cc(C(C)C)c1-n1c(-c2cccc(Oc3cc(-c4nc5ccccc5n4-c4c(C(C)C)cc(-c5ccccc5)cc4C(C)C)c4oc5cc6cc7ccccc7nc6cc5c4c3)c2)nc2ccccc21. The fraction of sp³-hybridized carbons (Fsp3) is 0.160. The maximum Gasteiger partial charge on any atom is 0.149 e. The molecule has 0 N–H and O–H groups in total. The highest BCUT2D eigenvalue weighted by Gasteiger charge is 2.28. The lowest BCUT2D eigenvalue weighted by atomic mass is 9.88. The summed E-state index contributed by atoms with van der Waals surface area (Å²) in [6, 6.07) is 75.4. The Morgan fingerprint density at radius 3 is 1.43 bits per heavy atom. The molecule has 0 aliphatic rings. The summed E-state index contributed by atoms with van der Waals surface area (Å²) in [4.78, 5) is 16.2. The van der Waals surface area contributed by atoms with Crippen LogP contribution in [0, 0.1) is 0 Å². The van der Waals surface area contributed by atoms with Gasteiger partial charge in [-0.3, -0.25) is 9.13 Å². The number of ether oxygens (including phenoxy) is 1. The minimum atomic E-state index is 0.185. The molecule has 82 heavy (non-hydrogen) atoms. The first-order valence-electron chi connectivity index (χ1n) is 28.8. The number of nitrogens with zero attached hydrogens (tertiary/aromatic N) is 5. The van der Waals surface area contributed by atoms with Crippen molar-refractivity contribution in [1.82, 2.24) is 24.1 Å². The van der Waals surface area contributed by atoms with Crippen molar-refractivity contribution in [3.05, 3.63) is 235 Å². The Hall–Kier alpha value is -9.59. The summed E-state index contributed by atoms with van der Waals surface area (Å²) < 4.78 is 19.2. The number of fused-ring (bicyclic) bond motifs is 7. The molecule has 10 aromatic carbocycles. The number of para-hydroxylation sites is 5. The second kappa shape index (κ2) is 20.2. The summed E-state index contributed by atoms with van der Waals surface area (Å²) in [5.74, 6) is 3.76. The number of imidazole rings is 2. The number of pyridine rings is 1. The molecule has 7 heteroatoms. The van der Waals surface area contributed by atoms with Crippen LogP contribution in [0.1, 0.15) is 101 Å². The molecule has 0 unspecified atom stereocenters. The van der Waals surface area contributed by atoms with Crippen LogP contribution in [0.25, 0.3) is 122 Å². The summed E-state index contributed by atoms with van der Waals surface area (Å²) in [6.45, 7) is 18.4. The van der Waals surface area contributed by atoms with Gasteiger partial charge >= 0.3 is 0 Å². The highest BCUT2D eigenvalue weighted by atomic mass is 16.5. The van der Waals surface area contributed by atoms with Gasteiger partial charge in [0.05, 0.1) is 50.0 Å². The Morgan fingerprint density at radius 1 is 0.354 bits per heavy atom. The van der Waals surface area contributed by atoms with Crippen molar-refractivity contribution in [3.8, 4) is 67.9 Å². The Balaban J connectivity index is 0.987. The van der Waals surface area contributed by atoms with Crippen molar-refractivity contribution >= 4 is 65.8 Å². The fourth-order valence-electron chi connectivity index (χ4n) is 12.3. The highest BCUT2D eigenvalue weighted by molar-refractivity contribution is 6.14. The lowest BCUT2D eigenvalue weighted by Gasteiger charge is -2.24. The normalized spacial score (nSPS) is 12.1. The van der Waals surface area contributed by atoms with E-state index in [4.69, 9.17) is 24.1 Å². The largest absolute Gasteiger partial charge is 0.457 e. The third kappa shape index (κ3) is 8.70. The lowest BCUT2D eigenvalue weighted by molar-refractivity contribution is 0.483. The number of hydrogen-bond acceptors (Lipinski definition) is 5. The Labute approximate surface area is 478 Å². The number of rotatable bonds is 12. The van der Waals surface area contributed by atoms with Crippen molar-refractivity contribution in [1.29, 1.82) is 0 Å². The molecule has 0 radical (unpaired) electrons. The van der Waals surface area contributed by atoms with Gasteiger partial charge in [-0.05, 0) is 165 Å². The Bertz CT molecular complexity index is 4730. The number of aromatic nitrogens is 5. The summed E-state index contributed by atoms with van der Waals surface area (Å²) in [5, 5.41) is 3.94. The van der Waals surface area contributed by atoms with Gasteiger partial charge in [0, 0.05) is 27.1 Å². The molecule has 0 amide bonds. The van der Waals surface area contributed by atoms with E-state index in [1.165, 1.54) is 50.2 Å². The Morgan fingerprint density at radius 2 is 0.854 bits per heavy atom. The second-order valence-corrected chi connectivity index (χ2v) is 23.2. The highest BCUT2D eigenvalue weighted by Crippen LogP contribution is 2.47. The van der Waals surface area contributed by atoms with Crippen LogP contribution in [0.15, 0.2) is 217 Å². The van der Waals surface area contributed by atoms with Crippen LogP contribution < -0.4 is 4.74 Å². The average Bonchev–Trinajstić information content (AvgIpc) is 3.01. The zero-order valence-electron chi connectivity index (χ0n) is 47.6. The molecule has 0 aliphatic heterocycles. The van der Waals surface area contributed by atoms with Gasteiger partial charge in [-0.15, -0.1) is 0 Å². The van der Waals surface area contributed by atoms with E-state index in [9.17, 15) is 0 Å². The van der Waals surface area contributed by atoms with Crippen LogP contribution in [0.3, 0.4) is 0 Å². The minimum absolute atomic E-state index is 0.185. The van der Waals surface area contributed by atoms with Gasteiger partial charge in [0.1, 0.15) is 34.3 Å². The van der Waals surface area contributed by atoms with Crippen LogP contribution in [0.4, 0.5) is 0 Å². The zero-order chi connectivity index (χ0) is 55.9. The number of furan rings is 1. The van der Waals surface area contributed by atoms with Crippen LogP contribution in [-0.2, 0) is 0 Å². The van der Waals surface area contributed by atoms with Crippen LogP contribution in [0.5, 0.6) is 11.5 Å². The molecule has 400 valence electrons. The first kappa shape index (κ1) is 50.6. The molecular formula is C75H63N5O2. The second-order valence-electron chi connectivity index (χ2n) is 23.2. The molecule has 0 atom stereocenters. The van der Waals surface area contributed by atoms with Crippen molar-refractivity contribution in [2.24, 2.45) is 0 Å². The molecule has 0 saturated carbocycles.